The average Bonchev–Trinajstić information content (AvgIpc) is 2.54. The molecule has 0 saturated carbocycles. The number of carbonyl (C=O) groups excluding carboxylic acids is 1. The molecular weight excluding hydrogens is 294 g/mol. The third-order valence-corrected chi connectivity index (χ3v) is 4.92. The molecule has 3 rings (SSSR count). The summed E-state index contributed by atoms with van der Waals surface area (Å²) < 4.78 is 5.62. The van der Waals surface area contributed by atoms with Crippen LogP contribution in [-0.2, 0) is 4.79 Å². The number of hydrogen-bond acceptors (Lipinski definition) is 3. The van der Waals surface area contributed by atoms with Crippen LogP contribution in [0.4, 0.5) is 0 Å². The third kappa shape index (κ3) is 3.45. The first-order valence-corrected chi connectivity index (χ1v) is 8.42. The van der Waals surface area contributed by atoms with E-state index in [1.54, 1.807) is 11.8 Å². The van der Waals surface area contributed by atoms with Gasteiger partial charge >= 0.3 is 0 Å². The van der Waals surface area contributed by atoms with Crippen LogP contribution in [0.2, 0.25) is 0 Å². The number of ether oxygens (including phenoxy) is 1. The highest BCUT2D eigenvalue weighted by Gasteiger charge is 2.22. The molecule has 1 aliphatic heterocycles. The largest absolute Gasteiger partial charge is 0.493 e. The van der Waals surface area contributed by atoms with Crippen LogP contribution in [0.5, 0.6) is 5.75 Å². The van der Waals surface area contributed by atoms with Crippen molar-refractivity contribution in [1.29, 1.82) is 0 Å². The number of aryl methyl sites for hydroxylation is 1. The molecule has 0 aromatic heterocycles. The molecule has 2 aromatic carbocycles. The summed E-state index contributed by atoms with van der Waals surface area (Å²) in [6.45, 7) is 2.71. The Balaban J connectivity index is 1.60. The monoisotopic (exact) mass is 313 g/mol. The zero-order valence-corrected chi connectivity index (χ0v) is 13.4. The minimum absolute atomic E-state index is 0.0509. The lowest BCUT2D eigenvalue weighted by Crippen LogP contribution is -2.33. The summed E-state index contributed by atoms with van der Waals surface area (Å²) in [5.41, 5.74) is 2.28. The molecule has 1 atom stereocenters. The van der Waals surface area contributed by atoms with E-state index in [4.69, 9.17) is 4.74 Å². The Labute approximate surface area is 135 Å². The fourth-order valence-corrected chi connectivity index (χ4v) is 3.43. The number of para-hydroxylation sites is 1. The fraction of sp³-hybridized carbons (Fsp3) is 0.278. The van der Waals surface area contributed by atoms with Crippen LogP contribution in [0, 0.1) is 6.92 Å². The van der Waals surface area contributed by atoms with Gasteiger partial charge in [0, 0.05) is 16.9 Å². The second kappa shape index (κ2) is 6.88. The molecule has 0 bridgehead atoms. The molecule has 3 nitrogen and oxygen atoms in total. The maximum atomic E-state index is 12.2. The number of fused-ring (bicyclic) bond motifs is 1. The maximum Gasteiger partial charge on any atom is 0.230 e. The standard InChI is InChI=1S/C18H19NO2S/c1-13-6-2-5-9-17(13)22-12-18(20)19-15-10-11-21-16-8-4-3-7-14(15)16/h2-9,15H,10-12H2,1H3,(H,19,20). The molecule has 1 amide bonds. The highest BCUT2D eigenvalue weighted by molar-refractivity contribution is 8.00. The predicted molar refractivity (Wildman–Crippen MR) is 89.3 cm³/mol. The van der Waals surface area contributed by atoms with Gasteiger partial charge in [0.15, 0.2) is 0 Å². The van der Waals surface area contributed by atoms with E-state index in [-0.39, 0.29) is 11.9 Å². The highest BCUT2D eigenvalue weighted by Crippen LogP contribution is 2.31. The van der Waals surface area contributed by atoms with E-state index in [2.05, 4.69) is 24.4 Å². The van der Waals surface area contributed by atoms with Gasteiger partial charge in [0.1, 0.15) is 5.75 Å². The third-order valence-electron chi connectivity index (χ3n) is 3.75. The summed E-state index contributed by atoms with van der Waals surface area (Å²) in [6, 6.07) is 16.1. The van der Waals surface area contributed by atoms with Crippen LogP contribution in [0.25, 0.3) is 0 Å². The molecule has 0 aliphatic carbocycles. The first-order chi connectivity index (χ1) is 10.7. The van der Waals surface area contributed by atoms with Gasteiger partial charge in [0.2, 0.25) is 5.91 Å². The van der Waals surface area contributed by atoms with Gasteiger partial charge in [0.05, 0.1) is 18.4 Å². The van der Waals surface area contributed by atoms with Crippen molar-refractivity contribution in [3.63, 3.8) is 0 Å². The molecule has 1 aliphatic rings. The van der Waals surface area contributed by atoms with Gasteiger partial charge in [-0.15, -0.1) is 11.8 Å². The second-order valence-electron chi connectivity index (χ2n) is 5.35. The van der Waals surface area contributed by atoms with Crippen molar-refractivity contribution in [2.45, 2.75) is 24.3 Å². The van der Waals surface area contributed by atoms with E-state index in [1.807, 2.05) is 36.4 Å². The number of nitrogens with one attached hydrogen (secondary N) is 1. The number of rotatable bonds is 4. The first kappa shape index (κ1) is 15.0. The lowest BCUT2D eigenvalue weighted by atomic mass is 10.0. The Bertz CT molecular complexity index is 672. The van der Waals surface area contributed by atoms with E-state index in [0.717, 1.165) is 22.6 Å². The quantitative estimate of drug-likeness (QED) is 0.874. The molecule has 0 fully saturated rings. The summed E-state index contributed by atoms with van der Waals surface area (Å²) in [5, 5.41) is 3.12. The van der Waals surface area contributed by atoms with Crippen molar-refractivity contribution >= 4 is 17.7 Å². The second-order valence-corrected chi connectivity index (χ2v) is 6.37. The predicted octanol–water partition coefficient (Wildman–Crippen LogP) is 3.73. The summed E-state index contributed by atoms with van der Waals surface area (Å²) in [6.07, 6.45) is 0.817. The van der Waals surface area contributed by atoms with Crippen LogP contribution in [-0.4, -0.2) is 18.3 Å². The molecule has 1 N–H and O–H groups in total. The molecule has 0 spiro atoms. The molecule has 114 valence electrons. The minimum Gasteiger partial charge on any atom is -0.493 e. The number of amides is 1. The van der Waals surface area contributed by atoms with Crippen molar-refractivity contribution in [3.05, 3.63) is 59.7 Å². The van der Waals surface area contributed by atoms with Crippen LogP contribution < -0.4 is 10.1 Å². The number of benzene rings is 2. The van der Waals surface area contributed by atoms with E-state index >= 15 is 0 Å². The lowest BCUT2D eigenvalue weighted by molar-refractivity contribution is -0.119. The SMILES string of the molecule is Cc1ccccc1SCC(=O)NC1CCOc2ccccc21. The van der Waals surface area contributed by atoms with Gasteiger partial charge in [-0.05, 0) is 24.6 Å². The molecule has 22 heavy (non-hydrogen) atoms. The Kier molecular flexibility index (Phi) is 4.68. The molecule has 2 aromatic rings. The van der Waals surface area contributed by atoms with Gasteiger partial charge in [0.25, 0.3) is 0 Å². The van der Waals surface area contributed by atoms with E-state index in [9.17, 15) is 4.79 Å². The van der Waals surface area contributed by atoms with Crippen LogP contribution in [0.15, 0.2) is 53.4 Å². The van der Waals surface area contributed by atoms with Crippen molar-refractivity contribution in [2.75, 3.05) is 12.4 Å². The van der Waals surface area contributed by atoms with Crippen molar-refractivity contribution < 1.29 is 9.53 Å². The van der Waals surface area contributed by atoms with Gasteiger partial charge in [-0.25, -0.2) is 0 Å². The first-order valence-electron chi connectivity index (χ1n) is 7.43. The Hall–Kier alpha value is -1.94. The van der Waals surface area contributed by atoms with Crippen molar-refractivity contribution in [2.24, 2.45) is 0 Å². The molecule has 4 heteroatoms. The smallest absolute Gasteiger partial charge is 0.230 e. The van der Waals surface area contributed by atoms with Crippen LogP contribution in [0.3, 0.4) is 0 Å². The topological polar surface area (TPSA) is 38.3 Å². The fourth-order valence-electron chi connectivity index (χ4n) is 2.59. The summed E-state index contributed by atoms with van der Waals surface area (Å²) in [7, 11) is 0. The van der Waals surface area contributed by atoms with Crippen molar-refractivity contribution in [3.8, 4) is 5.75 Å². The van der Waals surface area contributed by atoms with Crippen LogP contribution >= 0.6 is 11.8 Å². The maximum absolute atomic E-state index is 12.2. The normalized spacial score (nSPS) is 16.5. The Morgan fingerprint density at radius 1 is 1.23 bits per heavy atom. The summed E-state index contributed by atoms with van der Waals surface area (Å²) >= 11 is 1.58. The van der Waals surface area contributed by atoms with Gasteiger partial charge < -0.3 is 10.1 Å². The van der Waals surface area contributed by atoms with Crippen molar-refractivity contribution in [1.82, 2.24) is 5.32 Å². The Morgan fingerprint density at radius 3 is 2.86 bits per heavy atom. The van der Waals surface area contributed by atoms with E-state index in [0.29, 0.717) is 12.4 Å². The van der Waals surface area contributed by atoms with Gasteiger partial charge in [-0.3, -0.25) is 4.79 Å². The number of hydrogen-bond donors (Lipinski definition) is 1. The zero-order chi connectivity index (χ0) is 15.4. The summed E-state index contributed by atoms with van der Waals surface area (Å²) in [5.74, 6) is 1.38. The average molecular weight is 313 g/mol. The lowest BCUT2D eigenvalue weighted by Gasteiger charge is -2.26. The molecular formula is C18H19NO2S. The molecule has 0 radical (unpaired) electrons. The summed E-state index contributed by atoms with van der Waals surface area (Å²) in [4.78, 5) is 13.4. The number of thioether (sulfide) groups is 1. The number of carbonyl (C=O) groups is 1. The molecule has 0 saturated heterocycles. The van der Waals surface area contributed by atoms with E-state index in [1.165, 1.54) is 5.56 Å². The molecule has 1 heterocycles. The Morgan fingerprint density at radius 2 is 2.00 bits per heavy atom. The minimum atomic E-state index is 0.0509. The van der Waals surface area contributed by atoms with Crippen LogP contribution in [0.1, 0.15) is 23.6 Å². The highest BCUT2D eigenvalue weighted by atomic mass is 32.2. The van der Waals surface area contributed by atoms with E-state index < -0.39 is 0 Å². The zero-order valence-electron chi connectivity index (χ0n) is 12.5. The molecule has 1 unspecified atom stereocenters. The van der Waals surface area contributed by atoms with Gasteiger partial charge in [-0.1, -0.05) is 36.4 Å². The van der Waals surface area contributed by atoms with Gasteiger partial charge in [-0.2, -0.15) is 0 Å².